The van der Waals surface area contributed by atoms with E-state index in [-0.39, 0.29) is 6.04 Å². The maximum atomic E-state index is 12.3. The Morgan fingerprint density at radius 3 is 2.52 bits per heavy atom. The average molecular weight is 284 g/mol. The molecule has 0 heterocycles. The number of benzene rings is 1. The Labute approximate surface area is 126 Å². The fourth-order valence-electron chi connectivity index (χ4n) is 5.01. The lowest BCUT2D eigenvalue weighted by molar-refractivity contribution is -0.123. The van der Waals surface area contributed by atoms with Gasteiger partial charge in [0, 0.05) is 18.5 Å². The molecule has 21 heavy (non-hydrogen) atoms. The van der Waals surface area contributed by atoms with E-state index in [1.54, 1.807) is 0 Å². The van der Waals surface area contributed by atoms with E-state index < -0.39 is 0 Å². The van der Waals surface area contributed by atoms with Crippen LogP contribution < -0.4 is 11.1 Å². The van der Waals surface area contributed by atoms with Gasteiger partial charge in [0.2, 0.25) is 5.91 Å². The van der Waals surface area contributed by atoms with Crippen molar-refractivity contribution in [2.75, 3.05) is 6.54 Å². The van der Waals surface area contributed by atoms with E-state index in [2.05, 4.69) is 17.4 Å². The van der Waals surface area contributed by atoms with Crippen LogP contribution in [0.2, 0.25) is 0 Å². The van der Waals surface area contributed by atoms with Crippen LogP contribution in [0.25, 0.3) is 0 Å². The molecular formula is C18H24N2O. The predicted octanol–water partition coefficient (Wildman–Crippen LogP) is 2.48. The van der Waals surface area contributed by atoms with Gasteiger partial charge in [0.05, 0.1) is 0 Å². The number of nitrogens with two attached hydrogens (primary N) is 1. The quantitative estimate of drug-likeness (QED) is 0.873. The van der Waals surface area contributed by atoms with Crippen LogP contribution >= 0.6 is 0 Å². The largest absolute Gasteiger partial charge is 0.356 e. The number of hydrogen-bond acceptors (Lipinski definition) is 2. The Hall–Kier alpha value is -1.35. The number of rotatable bonds is 5. The zero-order valence-corrected chi connectivity index (χ0v) is 12.4. The number of carbonyl (C=O) groups excluding carboxylic acids is 1. The Morgan fingerprint density at radius 1 is 1.19 bits per heavy atom. The lowest BCUT2D eigenvalue weighted by Gasteiger charge is -2.13. The zero-order chi connectivity index (χ0) is 14.4. The number of nitrogens with one attached hydrogen (secondary N) is 1. The second-order valence-electron chi connectivity index (χ2n) is 7.11. The minimum Gasteiger partial charge on any atom is -0.356 e. The molecule has 3 aliphatic rings. The van der Waals surface area contributed by atoms with Crippen molar-refractivity contribution in [1.29, 1.82) is 0 Å². The van der Waals surface area contributed by atoms with E-state index in [0.717, 1.165) is 35.7 Å². The molecule has 3 N–H and O–H groups in total. The molecular weight excluding hydrogens is 260 g/mol. The second-order valence-corrected chi connectivity index (χ2v) is 7.11. The zero-order valence-electron chi connectivity index (χ0n) is 12.4. The highest BCUT2D eigenvalue weighted by Crippen LogP contribution is 2.69. The fourth-order valence-corrected chi connectivity index (χ4v) is 5.01. The molecule has 3 aliphatic carbocycles. The summed E-state index contributed by atoms with van der Waals surface area (Å²) in [7, 11) is 0. The fraction of sp³-hybridized carbons (Fsp3) is 0.611. The lowest BCUT2D eigenvalue weighted by atomic mass is 10.0. The van der Waals surface area contributed by atoms with Crippen molar-refractivity contribution in [2.45, 2.75) is 31.7 Å². The SMILES string of the molecule is NC(CCNC(=O)C1C2C3CCC(C3)C12)c1ccccc1. The minimum atomic E-state index is 0.0152. The highest BCUT2D eigenvalue weighted by molar-refractivity contribution is 5.82. The third-order valence-electron chi connectivity index (χ3n) is 6.02. The van der Waals surface area contributed by atoms with Crippen molar-refractivity contribution in [3.05, 3.63) is 35.9 Å². The molecule has 1 aromatic carbocycles. The van der Waals surface area contributed by atoms with Crippen LogP contribution in [-0.2, 0) is 4.79 Å². The first-order chi connectivity index (χ1) is 10.3. The van der Waals surface area contributed by atoms with Crippen molar-refractivity contribution in [2.24, 2.45) is 35.3 Å². The summed E-state index contributed by atoms with van der Waals surface area (Å²) in [5.74, 6) is 3.81. The van der Waals surface area contributed by atoms with Gasteiger partial charge < -0.3 is 11.1 Å². The Bertz CT molecular complexity index is 513. The Morgan fingerprint density at radius 2 is 1.86 bits per heavy atom. The first kappa shape index (κ1) is 13.3. The van der Waals surface area contributed by atoms with E-state index in [9.17, 15) is 4.79 Å². The Balaban J connectivity index is 1.24. The normalized spacial score (nSPS) is 37.1. The minimum absolute atomic E-state index is 0.0152. The molecule has 3 fully saturated rings. The molecule has 2 bridgehead atoms. The summed E-state index contributed by atoms with van der Waals surface area (Å²) in [4.78, 5) is 12.3. The molecule has 0 aliphatic heterocycles. The lowest BCUT2D eigenvalue weighted by Crippen LogP contribution is -2.30. The van der Waals surface area contributed by atoms with Crippen LogP contribution in [0.15, 0.2) is 30.3 Å². The summed E-state index contributed by atoms with van der Waals surface area (Å²) < 4.78 is 0. The van der Waals surface area contributed by atoms with Crippen LogP contribution in [0.1, 0.15) is 37.3 Å². The van der Waals surface area contributed by atoms with Gasteiger partial charge in [-0.2, -0.15) is 0 Å². The van der Waals surface area contributed by atoms with Gasteiger partial charge >= 0.3 is 0 Å². The molecule has 0 saturated heterocycles. The molecule has 0 radical (unpaired) electrons. The molecule has 112 valence electrons. The topological polar surface area (TPSA) is 55.1 Å². The van der Waals surface area contributed by atoms with Gasteiger partial charge in [-0.25, -0.2) is 0 Å². The summed E-state index contributed by atoms with van der Waals surface area (Å²) >= 11 is 0. The van der Waals surface area contributed by atoms with Crippen molar-refractivity contribution in [3.63, 3.8) is 0 Å². The van der Waals surface area contributed by atoms with Gasteiger partial charge in [-0.3, -0.25) is 4.79 Å². The first-order valence-corrected chi connectivity index (χ1v) is 8.34. The standard InChI is InChI=1S/C18H24N2O/c19-14(11-4-2-1-3-5-11)8-9-20-18(21)17-15-12-6-7-13(10-12)16(15)17/h1-5,12-17H,6-10,19H2,(H,20,21). The molecule has 0 aromatic heterocycles. The second kappa shape index (κ2) is 5.13. The maximum Gasteiger partial charge on any atom is 0.223 e. The van der Waals surface area contributed by atoms with Crippen molar-refractivity contribution < 1.29 is 4.79 Å². The molecule has 4 rings (SSSR count). The van der Waals surface area contributed by atoms with Crippen LogP contribution in [-0.4, -0.2) is 12.5 Å². The Kier molecular flexibility index (Phi) is 3.26. The smallest absolute Gasteiger partial charge is 0.223 e. The molecule has 3 nitrogen and oxygen atoms in total. The number of amides is 1. The van der Waals surface area contributed by atoms with Crippen LogP contribution in [0.5, 0.6) is 0 Å². The summed E-state index contributed by atoms with van der Waals surface area (Å²) in [6.07, 6.45) is 4.95. The molecule has 5 unspecified atom stereocenters. The van der Waals surface area contributed by atoms with E-state index in [1.807, 2.05) is 18.2 Å². The van der Waals surface area contributed by atoms with Gasteiger partial charge in [0.15, 0.2) is 0 Å². The molecule has 1 amide bonds. The van der Waals surface area contributed by atoms with Gasteiger partial charge in [-0.15, -0.1) is 0 Å². The van der Waals surface area contributed by atoms with E-state index >= 15 is 0 Å². The van der Waals surface area contributed by atoms with E-state index in [1.165, 1.54) is 19.3 Å². The predicted molar refractivity (Wildman–Crippen MR) is 82.3 cm³/mol. The van der Waals surface area contributed by atoms with E-state index in [0.29, 0.717) is 18.4 Å². The van der Waals surface area contributed by atoms with Crippen molar-refractivity contribution in [1.82, 2.24) is 5.32 Å². The monoisotopic (exact) mass is 284 g/mol. The first-order valence-electron chi connectivity index (χ1n) is 8.34. The third-order valence-corrected chi connectivity index (χ3v) is 6.02. The summed E-state index contributed by atoms with van der Waals surface area (Å²) in [5, 5.41) is 3.12. The van der Waals surface area contributed by atoms with Crippen molar-refractivity contribution in [3.8, 4) is 0 Å². The van der Waals surface area contributed by atoms with Gasteiger partial charge in [-0.1, -0.05) is 30.3 Å². The average Bonchev–Trinajstić information content (AvgIpc) is 2.96. The van der Waals surface area contributed by atoms with Gasteiger partial charge in [0.1, 0.15) is 0 Å². The van der Waals surface area contributed by atoms with Gasteiger partial charge in [0.25, 0.3) is 0 Å². The maximum absolute atomic E-state index is 12.3. The molecule has 3 heteroatoms. The number of fused-ring (bicyclic) bond motifs is 5. The summed E-state index contributed by atoms with van der Waals surface area (Å²) in [5.41, 5.74) is 7.31. The van der Waals surface area contributed by atoms with Crippen LogP contribution in [0, 0.1) is 29.6 Å². The molecule has 0 spiro atoms. The summed E-state index contributed by atoms with van der Waals surface area (Å²) in [6.45, 7) is 0.695. The van der Waals surface area contributed by atoms with E-state index in [4.69, 9.17) is 5.73 Å². The number of hydrogen-bond donors (Lipinski definition) is 2. The highest BCUT2D eigenvalue weighted by Gasteiger charge is 2.67. The molecule has 3 saturated carbocycles. The summed E-state index contributed by atoms with van der Waals surface area (Å²) in [6, 6.07) is 10.1. The van der Waals surface area contributed by atoms with Crippen LogP contribution in [0.3, 0.4) is 0 Å². The van der Waals surface area contributed by atoms with Crippen molar-refractivity contribution >= 4 is 5.91 Å². The third kappa shape index (κ3) is 2.28. The molecule has 5 atom stereocenters. The van der Waals surface area contributed by atoms with Crippen LogP contribution in [0.4, 0.5) is 0 Å². The van der Waals surface area contributed by atoms with Gasteiger partial charge in [-0.05, 0) is 54.9 Å². The molecule has 1 aromatic rings. The number of carbonyl (C=O) groups is 1. The highest BCUT2D eigenvalue weighted by atomic mass is 16.2.